The lowest BCUT2D eigenvalue weighted by Crippen LogP contribution is -2.23. The predicted octanol–water partition coefficient (Wildman–Crippen LogP) is 5.61. The lowest BCUT2D eigenvalue weighted by molar-refractivity contribution is 0.368. The lowest BCUT2D eigenvalue weighted by atomic mass is 10.0. The molecule has 4 aromatic rings. The Morgan fingerprint density at radius 3 is 2.81 bits per heavy atom. The summed E-state index contributed by atoms with van der Waals surface area (Å²) in [6, 6.07) is 19.1. The third-order valence-electron chi connectivity index (χ3n) is 5.41. The summed E-state index contributed by atoms with van der Waals surface area (Å²) in [7, 11) is 0. The highest BCUT2D eigenvalue weighted by atomic mass is 79.9. The van der Waals surface area contributed by atoms with Gasteiger partial charge in [0.05, 0.1) is 17.1 Å². The van der Waals surface area contributed by atoms with Crippen molar-refractivity contribution in [3.63, 3.8) is 0 Å². The molecular weight excluding hydrogens is 468 g/mol. The maximum Gasteiger partial charge on any atom is 0.282 e. The standard InChI is InChI=1S/C25H21BrN4O2/c1-3-16(2)24-29-22-10-9-18(26)14-20(22)25(31)30(24)28-15-21-19-7-5-4-6-17(19)8-11-23(21)32-13-12-27/h4-11,14-16H,3,13H2,1-2H3/t16-/m1/s1. The number of halogens is 1. The minimum atomic E-state index is -0.234. The van der Waals surface area contributed by atoms with Crippen molar-refractivity contribution in [3.05, 3.63) is 80.8 Å². The van der Waals surface area contributed by atoms with E-state index in [0.717, 1.165) is 21.7 Å². The molecule has 0 bridgehead atoms. The van der Waals surface area contributed by atoms with Crippen molar-refractivity contribution in [2.24, 2.45) is 5.10 Å². The minimum Gasteiger partial charge on any atom is -0.478 e. The molecule has 1 aromatic heterocycles. The first-order valence-corrected chi connectivity index (χ1v) is 11.1. The normalized spacial score (nSPS) is 12.3. The second-order valence-electron chi connectivity index (χ2n) is 7.45. The highest BCUT2D eigenvalue weighted by Crippen LogP contribution is 2.27. The largest absolute Gasteiger partial charge is 0.478 e. The van der Waals surface area contributed by atoms with Crippen LogP contribution in [-0.4, -0.2) is 22.5 Å². The van der Waals surface area contributed by atoms with Gasteiger partial charge in [0.1, 0.15) is 17.6 Å². The van der Waals surface area contributed by atoms with E-state index in [4.69, 9.17) is 15.0 Å². The molecule has 0 saturated heterocycles. The lowest BCUT2D eigenvalue weighted by Gasteiger charge is -2.14. The number of hydrogen-bond donors (Lipinski definition) is 0. The van der Waals surface area contributed by atoms with E-state index in [1.54, 1.807) is 12.3 Å². The van der Waals surface area contributed by atoms with E-state index in [2.05, 4.69) is 28.0 Å². The zero-order valence-corrected chi connectivity index (χ0v) is 19.3. The Morgan fingerprint density at radius 2 is 2.03 bits per heavy atom. The van der Waals surface area contributed by atoms with Crippen LogP contribution in [0.5, 0.6) is 5.75 Å². The summed E-state index contributed by atoms with van der Waals surface area (Å²) in [5, 5.41) is 16.0. The number of hydrogen-bond acceptors (Lipinski definition) is 5. The first-order valence-electron chi connectivity index (χ1n) is 10.3. The fraction of sp³-hybridized carbons (Fsp3) is 0.200. The molecule has 0 saturated carbocycles. The van der Waals surface area contributed by atoms with Crippen molar-refractivity contribution in [1.29, 1.82) is 5.26 Å². The summed E-state index contributed by atoms with van der Waals surface area (Å²) < 4.78 is 7.81. The van der Waals surface area contributed by atoms with Crippen molar-refractivity contribution in [2.45, 2.75) is 26.2 Å². The monoisotopic (exact) mass is 488 g/mol. The van der Waals surface area contributed by atoms with Crippen LogP contribution in [0.4, 0.5) is 0 Å². The van der Waals surface area contributed by atoms with Gasteiger partial charge in [-0.1, -0.05) is 60.1 Å². The van der Waals surface area contributed by atoms with E-state index in [0.29, 0.717) is 28.0 Å². The fourth-order valence-electron chi connectivity index (χ4n) is 3.54. The fourth-order valence-corrected chi connectivity index (χ4v) is 3.90. The molecule has 0 aliphatic heterocycles. The van der Waals surface area contributed by atoms with Gasteiger partial charge < -0.3 is 4.74 Å². The molecule has 0 spiro atoms. The van der Waals surface area contributed by atoms with Crippen LogP contribution >= 0.6 is 15.9 Å². The molecule has 32 heavy (non-hydrogen) atoms. The molecule has 1 atom stereocenters. The first kappa shape index (κ1) is 21.7. The summed E-state index contributed by atoms with van der Waals surface area (Å²) in [6.07, 6.45) is 2.43. The van der Waals surface area contributed by atoms with Gasteiger partial charge in [0, 0.05) is 16.0 Å². The second-order valence-corrected chi connectivity index (χ2v) is 8.36. The molecule has 0 aliphatic carbocycles. The van der Waals surface area contributed by atoms with Crippen LogP contribution in [0.15, 0.2) is 69.0 Å². The highest BCUT2D eigenvalue weighted by Gasteiger charge is 2.16. The van der Waals surface area contributed by atoms with Crippen LogP contribution in [-0.2, 0) is 0 Å². The Bertz CT molecular complexity index is 1440. The molecule has 0 aliphatic rings. The molecular formula is C25H21BrN4O2. The smallest absolute Gasteiger partial charge is 0.282 e. The molecule has 0 unspecified atom stereocenters. The number of aromatic nitrogens is 2. The van der Waals surface area contributed by atoms with Gasteiger partial charge >= 0.3 is 0 Å². The van der Waals surface area contributed by atoms with Gasteiger partial charge in [-0.25, -0.2) is 4.98 Å². The average Bonchev–Trinajstić information content (AvgIpc) is 2.82. The quantitative estimate of drug-likeness (QED) is 0.330. The van der Waals surface area contributed by atoms with Gasteiger partial charge in [-0.05, 0) is 41.5 Å². The van der Waals surface area contributed by atoms with Crippen LogP contribution in [0, 0.1) is 11.3 Å². The summed E-state index contributed by atoms with van der Waals surface area (Å²) in [6.45, 7) is 4.00. The SMILES string of the molecule is CC[C@@H](C)c1nc2ccc(Br)cc2c(=O)n1N=Cc1c(OCC#N)ccc2ccccc12. The predicted molar refractivity (Wildman–Crippen MR) is 130 cm³/mol. The number of ether oxygens (including phenoxy) is 1. The van der Waals surface area contributed by atoms with Crippen LogP contribution in [0.3, 0.4) is 0 Å². The van der Waals surface area contributed by atoms with Crippen molar-refractivity contribution in [3.8, 4) is 11.8 Å². The molecule has 4 rings (SSSR count). The zero-order chi connectivity index (χ0) is 22.7. The van der Waals surface area contributed by atoms with Gasteiger partial charge in [-0.15, -0.1) is 0 Å². The Hall–Kier alpha value is -3.50. The van der Waals surface area contributed by atoms with E-state index >= 15 is 0 Å². The molecule has 3 aromatic carbocycles. The van der Waals surface area contributed by atoms with Gasteiger partial charge in [0.2, 0.25) is 0 Å². The van der Waals surface area contributed by atoms with Crippen molar-refractivity contribution >= 4 is 43.8 Å². The number of nitriles is 1. The summed E-state index contributed by atoms with van der Waals surface area (Å²) >= 11 is 3.43. The number of fused-ring (bicyclic) bond motifs is 2. The van der Waals surface area contributed by atoms with E-state index in [1.165, 1.54) is 4.68 Å². The maximum absolute atomic E-state index is 13.4. The van der Waals surface area contributed by atoms with Crippen LogP contribution < -0.4 is 10.3 Å². The first-order chi connectivity index (χ1) is 15.5. The zero-order valence-electron chi connectivity index (χ0n) is 17.7. The van der Waals surface area contributed by atoms with Gasteiger partial charge in [0.15, 0.2) is 6.61 Å². The topological polar surface area (TPSA) is 80.3 Å². The van der Waals surface area contributed by atoms with E-state index in [1.807, 2.05) is 61.5 Å². The van der Waals surface area contributed by atoms with Gasteiger partial charge in [0.25, 0.3) is 5.56 Å². The van der Waals surface area contributed by atoms with Gasteiger partial charge in [-0.3, -0.25) is 4.79 Å². The van der Waals surface area contributed by atoms with Crippen molar-refractivity contribution in [1.82, 2.24) is 9.66 Å². The molecule has 7 heteroatoms. The molecule has 0 N–H and O–H groups in total. The van der Waals surface area contributed by atoms with Crippen molar-refractivity contribution in [2.75, 3.05) is 6.61 Å². The summed E-state index contributed by atoms with van der Waals surface area (Å²) in [4.78, 5) is 18.1. The van der Waals surface area contributed by atoms with E-state index in [-0.39, 0.29) is 18.1 Å². The summed E-state index contributed by atoms with van der Waals surface area (Å²) in [5.41, 5.74) is 1.11. The molecule has 1 heterocycles. The average molecular weight is 489 g/mol. The van der Waals surface area contributed by atoms with Gasteiger partial charge in [-0.2, -0.15) is 15.0 Å². The van der Waals surface area contributed by atoms with Crippen LogP contribution in [0.1, 0.15) is 37.6 Å². The number of nitrogens with zero attached hydrogens (tertiary/aromatic N) is 4. The Balaban J connectivity index is 1.94. The number of benzene rings is 3. The van der Waals surface area contributed by atoms with Crippen molar-refractivity contribution < 1.29 is 4.74 Å². The molecule has 160 valence electrons. The summed E-state index contributed by atoms with van der Waals surface area (Å²) in [5.74, 6) is 1.17. The number of rotatable bonds is 6. The Labute approximate surface area is 193 Å². The second kappa shape index (κ2) is 9.33. The molecule has 6 nitrogen and oxygen atoms in total. The Morgan fingerprint density at radius 1 is 1.22 bits per heavy atom. The minimum absolute atomic E-state index is 0.0368. The Kier molecular flexibility index (Phi) is 6.33. The van der Waals surface area contributed by atoms with Crippen LogP contribution in [0.2, 0.25) is 0 Å². The molecule has 0 radical (unpaired) electrons. The molecule has 0 amide bonds. The third-order valence-corrected chi connectivity index (χ3v) is 5.90. The van der Waals surface area contributed by atoms with E-state index < -0.39 is 0 Å². The third kappa shape index (κ3) is 4.14. The van der Waals surface area contributed by atoms with Crippen LogP contribution in [0.25, 0.3) is 21.7 Å². The highest BCUT2D eigenvalue weighted by molar-refractivity contribution is 9.10. The molecule has 0 fully saturated rings. The maximum atomic E-state index is 13.4. The van der Waals surface area contributed by atoms with E-state index in [9.17, 15) is 4.79 Å².